The summed E-state index contributed by atoms with van der Waals surface area (Å²) in [6, 6.07) is 7.77. The lowest BCUT2D eigenvalue weighted by Gasteiger charge is -2.20. The predicted octanol–water partition coefficient (Wildman–Crippen LogP) is 3.60. The Bertz CT molecular complexity index is 828. The first-order valence-corrected chi connectivity index (χ1v) is 7.53. The molecule has 2 aromatic carbocycles. The zero-order valence-electron chi connectivity index (χ0n) is 11.5. The van der Waals surface area contributed by atoms with Crippen molar-refractivity contribution in [2.45, 2.75) is 30.4 Å². The number of hydrogen-bond donors (Lipinski definition) is 1. The highest BCUT2D eigenvalue weighted by Gasteiger charge is 2.35. The minimum Gasteiger partial charge on any atom is -0.501 e. The quantitative estimate of drug-likeness (QED) is 0.814. The molecule has 2 rings (SSSR count). The maximum absolute atomic E-state index is 12.6. The Kier molecular flexibility index (Phi) is 3.18. The van der Waals surface area contributed by atoms with E-state index in [-0.39, 0.29) is 16.3 Å². The van der Waals surface area contributed by atoms with Gasteiger partial charge in [0.15, 0.2) is 14.8 Å². The van der Waals surface area contributed by atoms with Crippen LogP contribution in [0.4, 0.5) is 5.69 Å². The molecule has 0 amide bonds. The Morgan fingerprint density at radius 1 is 1.15 bits per heavy atom. The maximum Gasteiger partial charge on any atom is 0.428 e. The van der Waals surface area contributed by atoms with Crippen molar-refractivity contribution in [3.05, 3.63) is 35.3 Å². The lowest BCUT2D eigenvalue weighted by Crippen LogP contribution is -2.28. The molecule has 0 saturated heterocycles. The minimum atomic E-state index is -3.63. The number of fused-ring (bicyclic) bond motifs is 1. The van der Waals surface area contributed by atoms with E-state index >= 15 is 0 Å². The van der Waals surface area contributed by atoms with Gasteiger partial charge in [-0.15, -0.1) is 0 Å². The summed E-state index contributed by atoms with van der Waals surface area (Å²) in [7, 11) is -3.63. The topological polar surface area (TPSA) is 82.5 Å². The second-order valence-corrected chi connectivity index (χ2v) is 8.18. The monoisotopic (exact) mass is 291 g/mol. The van der Waals surface area contributed by atoms with Crippen LogP contribution in [0.15, 0.2) is 35.2 Å². The van der Waals surface area contributed by atoms with E-state index in [1.165, 1.54) is 6.07 Å². The van der Waals surface area contributed by atoms with Crippen molar-refractivity contribution in [3.63, 3.8) is 0 Å². The average molecular weight is 291 g/mol. The van der Waals surface area contributed by atoms with Crippen molar-refractivity contribution in [2.75, 3.05) is 0 Å². The normalized spacial score (nSPS) is 12.3. The van der Waals surface area contributed by atoms with Gasteiger partial charge in [0.25, 0.3) is 0 Å². The van der Waals surface area contributed by atoms with Gasteiger partial charge in [-0.3, -0.25) is 0 Å². The van der Waals surface area contributed by atoms with Gasteiger partial charge < -0.3 is 5.11 Å². The fraction of sp³-hybridized carbons (Fsp3) is 0.286. The number of aromatic hydroxyl groups is 1. The lowest BCUT2D eigenvalue weighted by atomic mass is 10.1. The number of nitrogens with zero attached hydrogens (tertiary/aromatic N) is 2. The highest BCUT2D eigenvalue weighted by molar-refractivity contribution is 7.93. The zero-order chi connectivity index (χ0) is 15.1. The van der Waals surface area contributed by atoms with Gasteiger partial charge in [0, 0.05) is 10.8 Å². The predicted molar refractivity (Wildman–Crippen MR) is 77.3 cm³/mol. The van der Waals surface area contributed by atoms with Gasteiger partial charge in [0.2, 0.25) is 11.1 Å². The molecular formula is C14H15N2O3S+. The molecule has 0 aromatic heterocycles. The van der Waals surface area contributed by atoms with Gasteiger partial charge in [-0.25, -0.2) is 8.42 Å². The maximum atomic E-state index is 12.6. The molecule has 104 valence electrons. The Balaban J connectivity index is 2.99. The van der Waals surface area contributed by atoms with Gasteiger partial charge in [-0.05, 0) is 20.8 Å². The zero-order valence-corrected chi connectivity index (χ0v) is 12.3. The molecule has 0 spiro atoms. The number of diazo groups is 1. The molecule has 6 heteroatoms. The van der Waals surface area contributed by atoms with Gasteiger partial charge in [0.05, 0.1) is 15.7 Å². The van der Waals surface area contributed by atoms with Crippen molar-refractivity contribution in [3.8, 4) is 5.75 Å². The molecule has 0 radical (unpaired) electrons. The second kappa shape index (κ2) is 4.46. The van der Waals surface area contributed by atoms with E-state index in [0.717, 1.165) is 0 Å². The van der Waals surface area contributed by atoms with Gasteiger partial charge in [-0.2, -0.15) is 0 Å². The summed E-state index contributed by atoms with van der Waals surface area (Å²) in [6.45, 7) is 4.79. The molecule has 0 aliphatic heterocycles. The summed E-state index contributed by atoms with van der Waals surface area (Å²) in [5.41, 5.74) is -0.161. The Morgan fingerprint density at radius 3 is 2.20 bits per heavy atom. The van der Waals surface area contributed by atoms with Crippen LogP contribution >= 0.6 is 0 Å². The summed E-state index contributed by atoms with van der Waals surface area (Å²) in [5, 5.41) is 19.7. The largest absolute Gasteiger partial charge is 0.501 e. The van der Waals surface area contributed by atoms with Crippen molar-refractivity contribution >= 4 is 26.3 Å². The molecule has 0 unspecified atom stereocenters. The highest BCUT2D eigenvalue weighted by atomic mass is 32.2. The van der Waals surface area contributed by atoms with E-state index in [2.05, 4.69) is 4.98 Å². The number of hydrogen-bond acceptors (Lipinski definition) is 4. The molecule has 20 heavy (non-hydrogen) atoms. The minimum absolute atomic E-state index is 0.0474. The fourth-order valence-electron chi connectivity index (χ4n) is 1.94. The number of benzene rings is 2. The number of sulfone groups is 1. The number of rotatable bonds is 1. The van der Waals surface area contributed by atoms with Crippen molar-refractivity contribution in [2.24, 2.45) is 0 Å². The first-order chi connectivity index (χ1) is 9.20. The standard InChI is InChI=1S/C14H14N2O3S/c1-14(2,3)20(18,19)12-8-11(16-15)13(17)10-7-5-4-6-9(10)12/h4-8H,1-3H3/p+1. The van der Waals surface area contributed by atoms with E-state index in [1.807, 2.05) is 0 Å². The second-order valence-electron chi connectivity index (χ2n) is 5.50. The van der Waals surface area contributed by atoms with E-state index in [1.54, 1.807) is 45.0 Å². The van der Waals surface area contributed by atoms with E-state index in [0.29, 0.717) is 10.8 Å². The third-order valence-electron chi connectivity index (χ3n) is 3.16. The van der Waals surface area contributed by atoms with E-state index in [9.17, 15) is 13.5 Å². The van der Waals surface area contributed by atoms with Crippen molar-refractivity contribution in [1.82, 2.24) is 0 Å². The van der Waals surface area contributed by atoms with Crippen LogP contribution in [-0.4, -0.2) is 18.3 Å². The van der Waals surface area contributed by atoms with E-state index in [4.69, 9.17) is 5.39 Å². The van der Waals surface area contributed by atoms with Gasteiger partial charge in [0.1, 0.15) is 0 Å². The molecular weight excluding hydrogens is 276 g/mol. The third-order valence-corrected chi connectivity index (χ3v) is 5.69. The smallest absolute Gasteiger partial charge is 0.428 e. The average Bonchev–Trinajstić information content (AvgIpc) is 2.38. The fourth-order valence-corrected chi connectivity index (χ4v) is 3.34. The summed E-state index contributed by atoms with van der Waals surface area (Å²) in [6.07, 6.45) is 0. The molecule has 2 aromatic rings. The Morgan fingerprint density at radius 2 is 1.70 bits per heavy atom. The van der Waals surface area contributed by atoms with Gasteiger partial charge >= 0.3 is 5.69 Å². The Labute approximate surface area is 117 Å². The molecule has 0 fully saturated rings. The highest BCUT2D eigenvalue weighted by Crippen LogP contribution is 2.41. The Hall–Kier alpha value is -2.13. The SMILES string of the molecule is CC(C)(C)S(=O)(=O)c1cc([N+]#N)c(O)c2ccccc12. The molecule has 1 N–H and O–H groups in total. The third kappa shape index (κ3) is 2.00. The van der Waals surface area contributed by atoms with Crippen LogP contribution in [-0.2, 0) is 9.84 Å². The van der Waals surface area contributed by atoms with Crippen LogP contribution in [0, 0.1) is 5.39 Å². The van der Waals surface area contributed by atoms with Crippen molar-refractivity contribution < 1.29 is 13.5 Å². The van der Waals surface area contributed by atoms with Crippen LogP contribution in [0.3, 0.4) is 0 Å². The van der Waals surface area contributed by atoms with Crippen LogP contribution in [0.5, 0.6) is 5.75 Å². The summed E-state index contributed by atoms with van der Waals surface area (Å²) >= 11 is 0. The molecule has 0 bridgehead atoms. The molecule has 0 aliphatic carbocycles. The molecule has 5 nitrogen and oxygen atoms in total. The number of phenols is 1. The molecule has 0 saturated carbocycles. The first-order valence-electron chi connectivity index (χ1n) is 6.04. The summed E-state index contributed by atoms with van der Waals surface area (Å²) in [5.74, 6) is -0.240. The molecule has 0 aliphatic rings. The van der Waals surface area contributed by atoms with Crippen LogP contribution in [0.2, 0.25) is 0 Å². The van der Waals surface area contributed by atoms with Gasteiger partial charge in [-0.1, -0.05) is 24.3 Å². The molecule has 0 heterocycles. The summed E-state index contributed by atoms with van der Waals surface area (Å²) in [4.78, 5) is 3.01. The van der Waals surface area contributed by atoms with E-state index < -0.39 is 14.6 Å². The first kappa shape index (κ1) is 14.3. The van der Waals surface area contributed by atoms with Crippen LogP contribution < -0.4 is 0 Å². The van der Waals surface area contributed by atoms with Crippen molar-refractivity contribution in [1.29, 1.82) is 5.39 Å². The number of phenolic OH excluding ortho intramolecular Hbond substituents is 1. The lowest BCUT2D eigenvalue weighted by molar-refractivity contribution is 0.484. The van der Waals surface area contributed by atoms with Crippen LogP contribution in [0.1, 0.15) is 20.8 Å². The summed E-state index contributed by atoms with van der Waals surface area (Å²) < 4.78 is 24.3. The molecule has 0 atom stereocenters. The van der Waals surface area contributed by atoms with Crippen LogP contribution in [0.25, 0.3) is 15.7 Å².